The Labute approximate surface area is 84.9 Å². The predicted octanol–water partition coefficient (Wildman–Crippen LogP) is 0.352. The van der Waals surface area contributed by atoms with E-state index in [1.165, 1.54) is 0 Å². The van der Waals surface area contributed by atoms with E-state index >= 15 is 0 Å². The molecule has 6 nitrogen and oxygen atoms in total. The number of hydrogen-bond donors (Lipinski definition) is 3. The maximum Gasteiger partial charge on any atom is 0.278 e. The average molecular weight is 205 g/mol. The quantitative estimate of drug-likeness (QED) is 0.625. The van der Waals surface area contributed by atoms with E-state index in [1.807, 2.05) is 0 Å². The zero-order chi connectivity index (χ0) is 10.6. The molecule has 1 aliphatic rings. The second-order valence-electron chi connectivity index (χ2n) is 4.09. The Balaban J connectivity index is 2.21. The summed E-state index contributed by atoms with van der Waals surface area (Å²) >= 11 is 0. The predicted molar refractivity (Wildman–Crippen MR) is 55.4 cm³/mol. The van der Waals surface area contributed by atoms with E-state index in [0.29, 0.717) is 23.0 Å². The van der Waals surface area contributed by atoms with Gasteiger partial charge in [-0.2, -0.15) is 4.98 Å². The lowest BCUT2D eigenvalue weighted by Gasteiger charge is -1.89. The van der Waals surface area contributed by atoms with Gasteiger partial charge < -0.3 is 10.7 Å². The Morgan fingerprint density at radius 3 is 2.80 bits per heavy atom. The molecule has 1 saturated carbocycles. The van der Waals surface area contributed by atoms with Crippen molar-refractivity contribution in [1.82, 2.24) is 19.9 Å². The first-order chi connectivity index (χ1) is 7.15. The normalized spacial score (nSPS) is 24.6. The molecule has 0 amide bonds. The highest BCUT2D eigenvalue weighted by Gasteiger charge is 2.36. The van der Waals surface area contributed by atoms with Crippen LogP contribution in [0.1, 0.15) is 25.1 Å². The Bertz CT molecular complexity index is 584. The summed E-state index contributed by atoms with van der Waals surface area (Å²) in [4.78, 5) is 25.2. The van der Waals surface area contributed by atoms with Gasteiger partial charge in [0, 0.05) is 5.92 Å². The van der Waals surface area contributed by atoms with Gasteiger partial charge in [-0.1, -0.05) is 6.92 Å². The molecule has 4 N–H and O–H groups in total. The Morgan fingerprint density at radius 1 is 1.40 bits per heavy atom. The number of hydrogen-bond acceptors (Lipinski definition) is 4. The second-order valence-corrected chi connectivity index (χ2v) is 4.09. The van der Waals surface area contributed by atoms with Crippen molar-refractivity contribution in [2.45, 2.75) is 19.3 Å². The van der Waals surface area contributed by atoms with Gasteiger partial charge in [-0.05, 0) is 12.3 Å². The first-order valence-electron chi connectivity index (χ1n) is 4.90. The number of fused-ring (bicyclic) bond motifs is 1. The Kier molecular flexibility index (Phi) is 1.46. The van der Waals surface area contributed by atoms with Gasteiger partial charge in [0.05, 0.1) is 0 Å². The number of aromatic amines is 2. The number of nitrogens with one attached hydrogen (secondary N) is 2. The van der Waals surface area contributed by atoms with Crippen LogP contribution in [0.3, 0.4) is 0 Å². The number of aromatic nitrogens is 4. The number of nitrogen functional groups attached to an aromatic ring is 1. The van der Waals surface area contributed by atoms with E-state index in [0.717, 1.165) is 12.2 Å². The van der Waals surface area contributed by atoms with Gasteiger partial charge in [0.25, 0.3) is 5.56 Å². The summed E-state index contributed by atoms with van der Waals surface area (Å²) in [6.07, 6.45) is 1.12. The molecule has 15 heavy (non-hydrogen) atoms. The van der Waals surface area contributed by atoms with Crippen molar-refractivity contribution in [3.05, 3.63) is 16.2 Å². The van der Waals surface area contributed by atoms with Gasteiger partial charge in [0.15, 0.2) is 11.2 Å². The SMILES string of the molecule is CC1CC1c1nc2nc(N)[nH]c(=O)c2[nH]1. The van der Waals surface area contributed by atoms with Crippen LogP contribution in [0, 0.1) is 5.92 Å². The highest BCUT2D eigenvalue weighted by molar-refractivity contribution is 5.70. The summed E-state index contributed by atoms with van der Waals surface area (Å²) in [6.45, 7) is 2.16. The molecule has 1 fully saturated rings. The first-order valence-corrected chi connectivity index (χ1v) is 4.90. The number of nitrogens with two attached hydrogens (primary N) is 1. The van der Waals surface area contributed by atoms with Crippen molar-refractivity contribution in [2.75, 3.05) is 5.73 Å². The summed E-state index contributed by atoms with van der Waals surface area (Å²) in [5, 5.41) is 0. The van der Waals surface area contributed by atoms with Crippen LogP contribution in [0.2, 0.25) is 0 Å². The first kappa shape index (κ1) is 8.46. The largest absolute Gasteiger partial charge is 0.369 e. The number of nitrogens with zero attached hydrogens (tertiary/aromatic N) is 2. The number of imidazole rings is 1. The van der Waals surface area contributed by atoms with E-state index in [-0.39, 0.29) is 11.5 Å². The van der Waals surface area contributed by atoms with Gasteiger partial charge in [-0.15, -0.1) is 0 Å². The van der Waals surface area contributed by atoms with Gasteiger partial charge in [-0.25, -0.2) is 4.98 Å². The van der Waals surface area contributed by atoms with Gasteiger partial charge >= 0.3 is 0 Å². The van der Waals surface area contributed by atoms with Gasteiger partial charge in [0.1, 0.15) is 5.82 Å². The molecule has 0 saturated heterocycles. The molecule has 78 valence electrons. The van der Waals surface area contributed by atoms with Crippen LogP contribution in [-0.4, -0.2) is 19.9 Å². The van der Waals surface area contributed by atoms with Crippen LogP contribution in [0.25, 0.3) is 11.2 Å². The fourth-order valence-corrected chi connectivity index (χ4v) is 1.82. The lowest BCUT2D eigenvalue weighted by Crippen LogP contribution is -2.10. The molecule has 2 aromatic heterocycles. The molecule has 0 radical (unpaired) electrons. The van der Waals surface area contributed by atoms with Gasteiger partial charge in [-0.3, -0.25) is 9.78 Å². The van der Waals surface area contributed by atoms with Crippen molar-refractivity contribution in [1.29, 1.82) is 0 Å². The maximum absolute atomic E-state index is 11.5. The van der Waals surface area contributed by atoms with Crippen molar-refractivity contribution in [2.24, 2.45) is 5.92 Å². The van der Waals surface area contributed by atoms with Crippen LogP contribution in [0.4, 0.5) is 5.95 Å². The number of anilines is 1. The Morgan fingerprint density at radius 2 is 2.13 bits per heavy atom. The van der Waals surface area contributed by atoms with E-state index < -0.39 is 0 Å². The van der Waals surface area contributed by atoms with Crippen LogP contribution >= 0.6 is 0 Å². The molecule has 2 unspecified atom stereocenters. The summed E-state index contributed by atoms with van der Waals surface area (Å²) in [5.41, 5.74) is 6.00. The van der Waals surface area contributed by atoms with Gasteiger partial charge in [0.2, 0.25) is 5.95 Å². The fraction of sp³-hybridized carbons (Fsp3) is 0.444. The van der Waals surface area contributed by atoms with Crippen molar-refractivity contribution in [3.8, 4) is 0 Å². The third-order valence-electron chi connectivity index (χ3n) is 2.86. The third-order valence-corrected chi connectivity index (χ3v) is 2.86. The molecule has 1 aliphatic carbocycles. The molecular weight excluding hydrogens is 194 g/mol. The minimum absolute atomic E-state index is 0.106. The molecule has 0 aromatic carbocycles. The molecule has 6 heteroatoms. The average Bonchev–Trinajstić information content (AvgIpc) is 2.74. The van der Waals surface area contributed by atoms with Crippen LogP contribution in [-0.2, 0) is 0 Å². The molecule has 0 bridgehead atoms. The third kappa shape index (κ3) is 1.21. The Hall–Kier alpha value is -1.85. The summed E-state index contributed by atoms with van der Waals surface area (Å²) in [5.74, 6) is 2.04. The van der Waals surface area contributed by atoms with Crippen molar-refractivity contribution >= 4 is 17.1 Å². The monoisotopic (exact) mass is 205 g/mol. The zero-order valence-corrected chi connectivity index (χ0v) is 8.24. The molecule has 2 atom stereocenters. The van der Waals surface area contributed by atoms with E-state index in [9.17, 15) is 4.79 Å². The van der Waals surface area contributed by atoms with Crippen LogP contribution < -0.4 is 11.3 Å². The molecule has 2 aromatic rings. The minimum atomic E-state index is -0.260. The lowest BCUT2D eigenvalue weighted by molar-refractivity contribution is 0.866. The molecule has 3 rings (SSSR count). The molecule has 0 spiro atoms. The zero-order valence-electron chi connectivity index (χ0n) is 8.24. The van der Waals surface area contributed by atoms with Crippen molar-refractivity contribution < 1.29 is 0 Å². The number of rotatable bonds is 1. The summed E-state index contributed by atoms with van der Waals surface area (Å²) in [6, 6.07) is 0. The summed E-state index contributed by atoms with van der Waals surface area (Å²) in [7, 11) is 0. The molecule has 2 heterocycles. The van der Waals surface area contributed by atoms with Crippen LogP contribution in [0.15, 0.2) is 4.79 Å². The standard InChI is InChI=1S/C9H11N5O/c1-3-2-4(3)6-11-5-7(12-6)13-9(10)14-8(5)15/h3-4H,2H2,1H3,(H4,10,11,12,13,14,15). The summed E-state index contributed by atoms with van der Waals surface area (Å²) < 4.78 is 0. The number of H-pyrrole nitrogens is 2. The topological polar surface area (TPSA) is 100 Å². The minimum Gasteiger partial charge on any atom is -0.369 e. The molecule has 0 aliphatic heterocycles. The smallest absolute Gasteiger partial charge is 0.278 e. The van der Waals surface area contributed by atoms with E-state index in [1.54, 1.807) is 0 Å². The van der Waals surface area contributed by atoms with Crippen LogP contribution in [0.5, 0.6) is 0 Å². The molecular formula is C9H11N5O. The highest BCUT2D eigenvalue weighted by atomic mass is 16.1. The van der Waals surface area contributed by atoms with Crippen molar-refractivity contribution in [3.63, 3.8) is 0 Å². The highest BCUT2D eigenvalue weighted by Crippen LogP contribution is 2.45. The van der Waals surface area contributed by atoms with E-state index in [4.69, 9.17) is 5.73 Å². The maximum atomic E-state index is 11.5. The second kappa shape index (κ2) is 2.59. The lowest BCUT2D eigenvalue weighted by atomic mass is 10.3. The van der Waals surface area contributed by atoms with E-state index in [2.05, 4.69) is 26.9 Å². The fourth-order valence-electron chi connectivity index (χ4n) is 1.82.